The maximum Gasteiger partial charge on any atom is 0.371 e. The highest BCUT2D eigenvalue weighted by atomic mass is 16.5. The van der Waals surface area contributed by atoms with Gasteiger partial charge in [-0.15, -0.1) is 0 Å². The van der Waals surface area contributed by atoms with Crippen LogP contribution in [0.4, 0.5) is 0 Å². The monoisotopic (exact) mass is 346 g/mol. The van der Waals surface area contributed by atoms with Crippen LogP contribution in [0.3, 0.4) is 0 Å². The molecule has 0 aliphatic heterocycles. The number of ether oxygens (including phenoxy) is 1. The lowest BCUT2D eigenvalue weighted by Crippen LogP contribution is -2.21. The molecule has 0 saturated heterocycles. The summed E-state index contributed by atoms with van der Waals surface area (Å²) in [4.78, 5) is 33.1. The molecule has 1 aliphatic rings. The molecule has 0 spiro atoms. The van der Waals surface area contributed by atoms with E-state index in [1.807, 2.05) is 25.2 Å². The molecule has 4 heteroatoms. The average Bonchev–Trinajstić information content (AvgIpc) is 2.94. The van der Waals surface area contributed by atoms with Crippen LogP contribution in [0.25, 0.3) is 0 Å². The zero-order chi connectivity index (χ0) is 18.5. The summed E-state index contributed by atoms with van der Waals surface area (Å²) in [6, 6.07) is 0. The highest BCUT2D eigenvalue weighted by Crippen LogP contribution is 2.27. The molecule has 0 aromatic carbocycles. The van der Waals surface area contributed by atoms with Gasteiger partial charge in [-0.2, -0.15) is 0 Å². The Morgan fingerprint density at radius 2 is 1.96 bits per heavy atom. The minimum absolute atomic E-state index is 0.0583. The Morgan fingerprint density at radius 3 is 2.68 bits per heavy atom. The van der Waals surface area contributed by atoms with Crippen LogP contribution in [0.5, 0.6) is 0 Å². The van der Waals surface area contributed by atoms with Gasteiger partial charge in [-0.25, -0.2) is 4.79 Å². The predicted molar refractivity (Wildman–Crippen MR) is 99.1 cm³/mol. The predicted octanol–water partition coefficient (Wildman–Crippen LogP) is 4.50. The lowest BCUT2D eigenvalue weighted by Gasteiger charge is -2.14. The molecule has 1 fully saturated rings. The van der Waals surface area contributed by atoms with E-state index in [-0.39, 0.29) is 24.4 Å². The van der Waals surface area contributed by atoms with Crippen molar-refractivity contribution in [1.82, 2.24) is 0 Å². The largest absolute Gasteiger partial charge is 0.456 e. The van der Waals surface area contributed by atoms with Crippen LogP contribution >= 0.6 is 0 Å². The summed E-state index contributed by atoms with van der Waals surface area (Å²) in [5.74, 6) is -1.00. The number of Topliss-reactive ketones (excluding diaryl/α,β-unsaturated/α-hetero) is 1. The van der Waals surface area contributed by atoms with E-state index in [1.165, 1.54) is 32.1 Å². The standard InChI is InChI=1S/C21H30O4/c1-3-4-5-6-7-8-9-10-11-17(2)12-13-18-14-19(23)15-20(18)25-21(24)16-22/h9-13,16,18,20H,3-8,14-15H2,1-2H3/b10-9+,13-12+,17-11+/t18-,20-/m0/s1. The number of carbonyl (C=O) groups excluding carboxylic acids is 3. The van der Waals surface area contributed by atoms with Crippen molar-refractivity contribution in [2.24, 2.45) is 5.92 Å². The Labute approximate surface area is 151 Å². The van der Waals surface area contributed by atoms with E-state index in [0.29, 0.717) is 6.42 Å². The number of unbranched alkanes of at least 4 members (excludes halogenated alkanes) is 5. The third kappa shape index (κ3) is 9.18. The lowest BCUT2D eigenvalue weighted by atomic mass is 10.0. The van der Waals surface area contributed by atoms with Crippen molar-refractivity contribution in [3.8, 4) is 0 Å². The second kappa shape index (κ2) is 12.4. The number of hydrogen-bond donors (Lipinski definition) is 0. The Hall–Kier alpha value is -1.97. The van der Waals surface area contributed by atoms with Crippen molar-refractivity contribution in [2.75, 3.05) is 0 Å². The number of hydrogen-bond acceptors (Lipinski definition) is 4. The van der Waals surface area contributed by atoms with Gasteiger partial charge < -0.3 is 4.74 Å². The van der Waals surface area contributed by atoms with Gasteiger partial charge in [0.25, 0.3) is 0 Å². The molecule has 2 atom stereocenters. The van der Waals surface area contributed by atoms with Gasteiger partial charge >= 0.3 is 5.97 Å². The third-order valence-corrected chi connectivity index (χ3v) is 4.31. The molecular formula is C21H30O4. The van der Waals surface area contributed by atoms with Gasteiger partial charge in [0.05, 0.1) is 0 Å². The van der Waals surface area contributed by atoms with E-state index in [1.54, 1.807) is 0 Å². The quantitative estimate of drug-likeness (QED) is 0.182. The van der Waals surface area contributed by atoms with Gasteiger partial charge in [-0.05, 0) is 19.8 Å². The first-order valence-electron chi connectivity index (χ1n) is 9.26. The number of esters is 1. The highest BCUT2D eigenvalue weighted by molar-refractivity contribution is 6.20. The molecule has 1 rings (SSSR count). The van der Waals surface area contributed by atoms with Gasteiger partial charge in [0.2, 0.25) is 6.29 Å². The van der Waals surface area contributed by atoms with Gasteiger partial charge in [-0.3, -0.25) is 9.59 Å². The van der Waals surface area contributed by atoms with E-state index < -0.39 is 12.1 Å². The molecule has 1 saturated carbocycles. The topological polar surface area (TPSA) is 60.4 Å². The number of aldehydes is 1. The number of ketones is 1. The maximum absolute atomic E-state index is 11.6. The van der Waals surface area contributed by atoms with E-state index in [9.17, 15) is 14.4 Å². The Balaban J connectivity index is 2.40. The summed E-state index contributed by atoms with van der Waals surface area (Å²) >= 11 is 0. The summed E-state index contributed by atoms with van der Waals surface area (Å²) in [7, 11) is 0. The molecule has 138 valence electrons. The van der Waals surface area contributed by atoms with E-state index in [0.717, 1.165) is 12.0 Å². The summed E-state index contributed by atoms with van der Waals surface area (Å²) < 4.78 is 5.02. The molecular weight excluding hydrogens is 316 g/mol. The molecule has 0 unspecified atom stereocenters. The van der Waals surface area contributed by atoms with Crippen LogP contribution in [0.15, 0.2) is 36.0 Å². The second-order valence-corrected chi connectivity index (χ2v) is 6.60. The van der Waals surface area contributed by atoms with Crippen molar-refractivity contribution < 1.29 is 19.1 Å². The van der Waals surface area contributed by atoms with E-state index >= 15 is 0 Å². The van der Waals surface area contributed by atoms with Gasteiger partial charge in [-0.1, -0.05) is 68.6 Å². The van der Waals surface area contributed by atoms with Crippen molar-refractivity contribution in [1.29, 1.82) is 0 Å². The van der Waals surface area contributed by atoms with Crippen LogP contribution in [0.2, 0.25) is 0 Å². The molecule has 25 heavy (non-hydrogen) atoms. The summed E-state index contributed by atoms with van der Waals surface area (Å²) in [5.41, 5.74) is 1.07. The summed E-state index contributed by atoms with van der Waals surface area (Å²) in [6.07, 6.45) is 17.8. The number of carbonyl (C=O) groups is 3. The smallest absolute Gasteiger partial charge is 0.371 e. The lowest BCUT2D eigenvalue weighted by molar-refractivity contribution is -0.153. The molecule has 0 aromatic rings. The molecule has 4 nitrogen and oxygen atoms in total. The Kier molecular flexibility index (Phi) is 10.5. The van der Waals surface area contributed by atoms with Crippen LogP contribution in [-0.2, 0) is 19.1 Å². The fourth-order valence-electron chi connectivity index (χ4n) is 2.86. The zero-order valence-electron chi connectivity index (χ0n) is 15.4. The zero-order valence-corrected chi connectivity index (χ0v) is 15.4. The molecule has 0 amide bonds. The fraction of sp³-hybridized carbons (Fsp3) is 0.571. The van der Waals surface area contributed by atoms with Gasteiger partial charge in [0, 0.05) is 18.8 Å². The fourth-order valence-corrected chi connectivity index (χ4v) is 2.86. The van der Waals surface area contributed by atoms with E-state index in [4.69, 9.17) is 4.74 Å². The molecule has 0 aromatic heterocycles. The third-order valence-electron chi connectivity index (χ3n) is 4.31. The SMILES string of the molecule is CCCCCCC/C=C/C=C(C)/C=C/[C@H]1CC(=O)C[C@@H]1OC(=O)C=O. The minimum atomic E-state index is -0.910. The normalized spacial score (nSPS) is 21.4. The summed E-state index contributed by atoms with van der Waals surface area (Å²) in [6.45, 7) is 4.21. The Bertz CT molecular complexity index is 528. The first kappa shape index (κ1) is 21.1. The first-order valence-corrected chi connectivity index (χ1v) is 9.26. The van der Waals surface area contributed by atoms with Gasteiger partial charge in [0.1, 0.15) is 11.9 Å². The first-order chi connectivity index (χ1) is 12.1. The average molecular weight is 346 g/mol. The second-order valence-electron chi connectivity index (χ2n) is 6.60. The van der Waals surface area contributed by atoms with Crippen LogP contribution in [-0.4, -0.2) is 24.1 Å². The molecule has 1 aliphatic carbocycles. The number of rotatable bonds is 11. The highest BCUT2D eigenvalue weighted by Gasteiger charge is 2.34. The van der Waals surface area contributed by atoms with Gasteiger partial charge in [0.15, 0.2) is 0 Å². The molecule has 0 N–H and O–H groups in total. The van der Waals surface area contributed by atoms with Crippen LogP contribution < -0.4 is 0 Å². The van der Waals surface area contributed by atoms with E-state index in [2.05, 4.69) is 19.1 Å². The summed E-state index contributed by atoms with van der Waals surface area (Å²) in [5, 5.41) is 0. The van der Waals surface area contributed by atoms with Crippen molar-refractivity contribution in [3.63, 3.8) is 0 Å². The minimum Gasteiger partial charge on any atom is -0.456 e. The molecule has 0 bridgehead atoms. The van der Waals surface area contributed by atoms with Crippen molar-refractivity contribution >= 4 is 18.0 Å². The molecule has 0 heterocycles. The molecule has 0 radical (unpaired) electrons. The van der Waals surface area contributed by atoms with Crippen LogP contribution in [0, 0.1) is 5.92 Å². The van der Waals surface area contributed by atoms with Crippen LogP contribution in [0.1, 0.15) is 65.2 Å². The maximum atomic E-state index is 11.6. The number of allylic oxidation sites excluding steroid dienone is 5. The Morgan fingerprint density at radius 1 is 1.20 bits per heavy atom. The van der Waals surface area contributed by atoms with Crippen molar-refractivity contribution in [2.45, 2.75) is 71.3 Å². The van der Waals surface area contributed by atoms with Crippen molar-refractivity contribution in [3.05, 3.63) is 36.0 Å².